The molecule has 2 N–H and O–H groups in total. The molecule has 0 fully saturated rings. The third-order valence-electron chi connectivity index (χ3n) is 4.52. The molecular formula is C21H25N5O2. The van der Waals surface area contributed by atoms with Gasteiger partial charge in [-0.3, -0.25) is 14.7 Å². The van der Waals surface area contributed by atoms with Gasteiger partial charge in [-0.2, -0.15) is 5.10 Å². The number of pyridine rings is 1. The Kier molecular flexibility index (Phi) is 5.73. The number of aromatic nitrogens is 4. The van der Waals surface area contributed by atoms with Crippen LogP contribution in [0.4, 0.5) is 5.69 Å². The lowest BCUT2D eigenvalue weighted by Crippen LogP contribution is -2.30. The minimum absolute atomic E-state index is 0.172. The number of carbonyl (C=O) groups is 1. The van der Waals surface area contributed by atoms with Crippen LogP contribution in [0.25, 0.3) is 11.4 Å². The van der Waals surface area contributed by atoms with E-state index in [-0.39, 0.29) is 11.1 Å². The number of H-pyrrole nitrogens is 1. The fourth-order valence-corrected chi connectivity index (χ4v) is 2.92. The standard InChI is InChI=1S/C21H25N5O2/c1-13(2)8-10-26-11-9-14(3)18(21(26)28)20(27)23-17-7-5-6-16(12-17)19-22-15(4)24-25-19/h5-7,9,11-13H,8,10H2,1-4H3,(H,23,27)(H,22,24,25). The first-order valence-electron chi connectivity index (χ1n) is 9.36. The summed E-state index contributed by atoms with van der Waals surface area (Å²) < 4.78 is 1.61. The fraction of sp³-hybridized carbons (Fsp3) is 0.333. The zero-order chi connectivity index (χ0) is 20.3. The van der Waals surface area contributed by atoms with Crippen molar-refractivity contribution in [1.82, 2.24) is 19.7 Å². The zero-order valence-electron chi connectivity index (χ0n) is 16.6. The highest BCUT2D eigenvalue weighted by atomic mass is 16.2. The molecule has 28 heavy (non-hydrogen) atoms. The van der Waals surface area contributed by atoms with Gasteiger partial charge in [0.05, 0.1) is 0 Å². The molecule has 2 heterocycles. The topological polar surface area (TPSA) is 92.7 Å². The lowest BCUT2D eigenvalue weighted by molar-refractivity contribution is 0.102. The van der Waals surface area contributed by atoms with Gasteiger partial charge in [-0.25, -0.2) is 4.98 Å². The molecule has 0 atom stereocenters. The Morgan fingerprint density at radius 2 is 2.04 bits per heavy atom. The number of aromatic amines is 1. The molecule has 0 aliphatic rings. The summed E-state index contributed by atoms with van der Waals surface area (Å²) in [5.74, 6) is 1.34. The second kappa shape index (κ2) is 8.21. The minimum atomic E-state index is -0.412. The quantitative estimate of drug-likeness (QED) is 0.685. The van der Waals surface area contributed by atoms with Crippen molar-refractivity contribution in [2.75, 3.05) is 5.32 Å². The summed E-state index contributed by atoms with van der Waals surface area (Å²) in [6.07, 6.45) is 2.63. The number of anilines is 1. The molecule has 0 radical (unpaired) electrons. The second-order valence-electron chi connectivity index (χ2n) is 7.33. The van der Waals surface area contributed by atoms with Crippen LogP contribution in [0, 0.1) is 19.8 Å². The van der Waals surface area contributed by atoms with Crippen molar-refractivity contribution in [3.05, 3.63) is 63.8 Å². The first-order chi connectivity index (χ1) is 13.3. The predicted molar refractivity (Wildman–Crippen MR) is 109 cm³/mol. The third kappa shape index (κ3) is 4.36. The lowest BCUT2D eigenvalue weighted by atomic mass is 10.1. The number of hydrogen-bond donors (Lipinski definition) is 2. The molecule has 1 amide bonds. The van der Waals surface area contributed by atoms with E-state index in [2.05, 4.69) is 34.3 Å². The fourth-order valence-electron chi connectivity index (χ4n) is 2.92. The highest BCUT2D eigenvalue weighted by Gasteiger charge is 2.16. The van der Waals surface area contributed by atoms with Crippen LogP contribution in [0.5, 0.6) is 0 Å². The van der Waals surface area contributed by atoms with Crippen LogP contribution in [-0.2, 0) is 6.54 Å². The summed E-state index contributed by atoms with van der Waals surface area (Å²) in [6, 6.07) is 9.05. The van der Waals surface area contributed by atoms with Gasteiger partial charge < -0.3 is 9.88 Å². The average molecular weight is 379 g/mol. The first kappa shape index (κ1) is 19.5. The molecule has 146 valence electrons. The van der Waals surface area contributed by atoms with Gasteiger partial charge in [0.1, 0.15) is 11.4 Å². The number of amides is 1. The van der Waals surface area contributed by atoms with E-state index in [1.54, 1.807) is 29.8 Å². The number of rotatable bonds is 6. The summed E-state index contributed by atoms with van der Waals surface area (Å²) in [7, 11) is 0. The Labute approximate surface area is 163 Å². The molecule has 0 saturated carbocycles. The van der Waals surface area contributed by atoms with Crippen LogP contribution in [-0.4, -0.2) is 25.7 Å². The van der Waals surface area contributed by atoms with Gasteiger partial charge in [0, 0.05) is 24.0 Å². The Morgan fingerprint density at radius 3 is 2.71 bits per heavy atom. The number of nitrogens with one attached hydrogen (secondary N) is 2. The number of benzene rings is 1. The van der Waals surface area contributed by atoms with Crippen molar-refractivity contribution in [2.45, 2.75) is 40.7 Å². The second-order valence-corrected chi connectivity index (χ2v) is 7.33. The number of carbonyl (C=O) groups excluding carboxylic acids is 1. The van der Waals surface area contributed by atoms with Crippen molar-refractivity contribution in [2.24, 2.45) is 5.92 Å². The van der Waals surface area contributed by atoms with E-state index in [1.165, 1.54) is 0 Å². The van der Waals surface area contributed by atoms with Crippen molar-refractivity contribution in [3.63, 3.8) is 0 Å². The molecule has 0 bridgehead atoms. The molecule has 0 unspecified atom stereocenters. The molecular weight excluding hydrogens is 354 g/mol. The first-order valence-corrected chi connectivity index (χ1v) is 9.36. The number of aryl methyl sites for hydroxylation is 3. The van der Waals surface area contributed by atoms with E-state index in [0.29, 0.717) is 35.4 Å². The maximum Gasteiger partial charge on any atom is 0.263 e. The summed E-state index contributed by atoms with van der Waals surface area (Å²) in [4.78, 5) is 29.9. The van der Waals surface area contributed by atoms with E-state index in [4.69, 9.17) is 0 Å². The van der Waals surface area contributed by atoms with Gasteiger partial charge in [0.2, 0.25) is 0 Å². The van der Waals surface area contributed by atoms with Crippen molar-refractivity contribution >= 4 is 11.6 Å². The SMILES string of the molecule is Cc1nc(-c2cccc(NC(=O)c3c(C)ccn(CCC(C)C)c3=O)c2)n[nH]1. The molecule has 0 spiro atoms. The molecule has 2 aromatic heterocycles. The highest BCUT2D eigenvalue weighted by molar-refractivity contribution is 6.05. The predicted octanol–water partition coefficient (Wildman–Crippen LogP) is 3.55. The van der Waals surface area contributed by atoms with Gasteiger partial charge in [-0.05, 0) is 49.9 Å². The monoisotopic (exact) mass is 379 g/mol. The highest BCUT2D eigenvalue weighted by Crippen LogP contribution is 2.20. The summed E-state index contributed by atoms with van der Waals surface area (Å²) in [6.45, 7) is 8.41. The van der Waals surface area contributed by atoms with E-state index in [1.807, 2.05) is 25.1 Å². The molecule has 3 aromatic rings. The van der Waals surface area contributed by atoms with Crippen LogP contribution in [0.3, 0.4) is 0 Å². The van der Waals surface area contributed by atoms with Crippen molar-refractivity contribution in [1.29, 1.82) is 0 Å². The van der Waals surface area contributed by atoms with Crippen LogP contribution >= 0.6 is 0 Å². The minimum Gasteiger partial charge on any atom is -0.322 e. The van der Waals surface area contributed by atoms with Gasteiger partial charge in [0.15, 0.2) is 5.82 Å². The Balaban J connectivity index is 1.85. The summed E-state index contributed by atoms with van der Waals surface area (Å²) >= 11 is 0. The van der Waals surface area contributed by atoms with E-state index >= 15 is 0 Å². The maximum absolute atomic E-state index is 12.8. The largest absolute Gasteiger partial charge is 0.322 e. The van der Waals surface area contributed by atoms with Crippen LogP contribution in [0.1, 0.15) is 42.0 Å². The lowest BCUT2D eigenvalue weighted by Gasteiger charge is -2.12. The summed E-state index contributed by atoms with van der Waals surface area (Å²) in [5.41, 5.74) is 1.93. The van der Waals surface area contributed by atoms with Crippen LogP contribution in [0.2, 0.25) is 0 Å². The molecule has 0 saturated heterocycles. The molecule has 3 rings (SSSR count). The van der Waals surface area contributed by atoms with Gasteiger partial charge in [-0.1, -0.05) is 26.0 Å². The molecule has 0 aliphatic heterocycles. The zero-order valence-corrected chi connectivity index (χ0v) is 16.6. The van der Waals surface area contributed by atoms with Gasteiger partial charge >= 0.3 is 0 Å². The van der Waals surface area contributed by atoms with Gasteiger partial charge in [0.25, 0.3) is 11.5 Å². The Bertz CT molecular complexity index is 1050. The van der Waals surface area contributed by atoms with Crippen LogP contribution in [0.15, 0.2) is 41.3 Å². The normalized spacial score (nSPS) is 11.0. The molecule has 1 aromatic carbocycles. The average Bonchev–Trinajstić information content (AvgIpc) is 3.07. The van der Waals surface area contributed by atoms with Gasteiger partial charge in [-0.15, -0.1) is 0 Å². The van der Waals surface area contributed by atoms with Crippen LogP contribution < -0.4 is 10.9 Å². The van der Waals surface area contributed by atoms with E-state index in [9.17, 15) is 9.59 Å². The van der Waals surface area contributed by atoms with E-state index < -0.39 is 5.91 Å². The number of hydrogen-bond acceptors (Lipinski definition) is 4. The number of nitrogens with zero attached hydrogens (tertiary/aromatic N) is 3. The maximum atomic E-state index is 12.8. The molecule has 0 aliphatic carbocycles. The summed E-state index contributed by atoms with van der Waals surface area (Å²) in [5, 5.41) is 9.77. The van der Waals surface area contributed by atoms with Crippen molar-refractivity contribution in [3.8, 4) is 11.4 Å². The molecule has 7 nitrogen and oxygen atoms in total. The Morgan fingerprint density at radius 1 is 1.25 bits per heavy atom. The van der Waals surface area contributed by atoms with Crippen molar-refractivity contribution < 1.29 is 4.79 Å². The molecule has 7 heteroatoms. The Hall–Kier alpha value is -3.22. The third-order valence-corrected chi connectivity index (χ3v) is 4.52. The smallest absolute Gasteiger partial charge is 0.263 e. The van der Waals surface area contributed by atoms with E-state index in [0.717, 1.165) is 12.0 Å².